The van der Waals surface area contributed by atoms with Crippen molar-refractivity contribution in [2.24, 2.45) is 0 Å². The monoisotopic (exact) mass is 637 g/mol. The first-order valence-electron chi connectivity index (χ1n) is 18.1. The molecule has 3 N–H and O–H groups in total. The predicted octanol–water partition coefficient (Wildman–Crippen LogP) is 6.60. The Kier molecular flexibility index (Phi) is 29.9. The molecule has 1 atom stereocenters. The molecule has 0 aromatic carbocycles. The first kappa shape index (κ1) is 42.6. The Morgan fingerprint density at radius 2 is 1.20 bits per heavy atom. The number of allylic oxidation sites excluding steroid dienone is 1. The van der Waals surface area contributed by atoms with Crippen LogP contribution in [0.3, 0.4) is 0 Å². The van der Waals surface area contributed by atoms with Gasteiger partial charge in [-0.1, -0.05) is 116 Å². The minimum atomic E-state index is -0.816. The van der Waals surface area contributed by atoms with Gasteiger partial charge in [0.2, 0.25) is 17.7 Å². The predicted molar refractivity (Wildman–Crippen MR) is 185 cm³/mol. The number of carbonyl (C=O) groups excluding carboxylic acids is 4. The Hall–Kier alpha value is -2.42. The number of nitrogens with one attached hydrogen (secondary N) is 3. The maximum atomic E-state index is 12.8. The van der Waals surface area contributed by atoms with Crippen LogP contribution in [0, 0.1) is 0 Å². The molecule has 0 aliphatic heterocycles. The van der Waals surface area contributed by atoms with Crippen LogP contribution in [0.1, 0.15) is 149 Å². The van der Waals surface area contributed by atoms with E-state index in [9.17, 15) is 19.2 Å². The number of esters is 1. The van der Waals surface area contributed by atoms with Gasteiger partial charge in [-0.3, -0.25) is 19.2 Å². The molecule has 0 aliphatic rings. The van der Waals surface area contributed by atoms with Gasteiger partial charge in [0.1, 0.15) is 12.6 Å². The fourth-order valence-corrected chi connectivity index (χ4v) is 5.01. The Labute approximate surface area is 275 Å². The van der Waals surface area contributed by atoms with Crippen LogP contribution in [0.2, 0.25) is 0 Å². The summed E-state index contributed by atoms with van der Waals surface area (Å²) in [4.78, 5) is 51.3. The summed E-state index contributed by atoms with van der Waals surface area (Å²) in [6, 6.07) is -0.816. The molecule has 0 saturated heterocycles. The van der Waals surface area contributed by atoms with Crippen LogP contribution in [0.5, 0.6) is 0 Å². The molecular formula is C36H68N4O5. The van der Waals surface area contributed by atoms with Crippen LogP contribution >= 0.6 is 0 Å². The van der Waals surface area contributed by atoms with Crippen molar-refractivity contribution in [1.29, 1.82) is 0 Å². The number of ether oxygens (including phenoxy) is 1. The molecule has 0 aliphatic carbocycles. The molecule has 9 heteroatoms. The second kappa shape index (κ2) is 31.6. The summed E-state index contributed by atoms with van der Waals surface area (Å²) in [5.41, 5.74) is 0. The number of carbonyl (C=O) groups is 4. The van der Waals surface area contributed by atoms with Crippen molar-refractivity contribution >= 4 is 23.7 Å². The number of likely N-dealkylation sites (N-methyl/N-ethyl adjacent to an activating group) is 1. The van der Waals surface area contributed by atoms with Crippen LogP contribution in [0.4, 0.5) is 0 Å². The molecule has 9 nitrogen and oxygen atoms in total. The molecule has 262 valence electrons. The first-order valence-corrected chi connectivity index (χ1v) is 18.1. The zero-order chi connectivity index (χ0) is 33.4. The zero-order valence-electron chi connectivity index (χ0n) is 29.4. The van der Waals surface area contributed by atoms with Gasteiger partial charge in [-0.05, 0) is 46.2 Å². The van der Waals surface area contributed by atoms with Gasteiger partial charge >= 0.3 is 5.97 Å². The van der Waals surface area contributed by atoms with Crippen LogP contribution < -0.4 is 16.0 Å². The zero-order valence-corrected chi connectivity index (χ0v) is 29.4. The largest absolute Gasteiger partial charge is 0.461 e. The van der Waals surface area contributed by atoms with Gasteiger partial charge in [-0.15, -0.1) is 0 Å². The van der Waals surface area contributed by atoms with E-state index in [1.165, 1.54) is 83.5 Å². The van der Waals surface area contributed by atoms with E-state index < -0.39 is 6.04 Å². The lowest BCUT2D eigenvalue weighted by atomic mass is 10.1. The highest BCUT2D eigenvalue weighted by atomic mass is 16.5. The lowest BCUT2D eigenvalue weighted by molar-refractivity contribution is -0.142. The van der Waals surface area contributed by atoms with E-state index in [1.54, 1.807) is 19.0 Å². The molecule has 0 fully saturated rings. The summed E-state index contributed by atoms with van der Waals surface area (Å²) in [5, 5.41) is 8.50. The highest BCUT2D eigenvalue weighted by Crippen LogP contribution is 2.12. The number of hydrogen-bond donors (Lipinski definition) is 3. The van der Waals surface area contributed by atoms with Crippen molar-refractivity contribution in [2.45, 2.75) is 155 Å². The second-order valence-corrected chi connectivity index (χ2v) is 12.5. The summed E-state index contributed by atoms with van der Waals surface area (Å²) in [6.07, 6.45) is 26.0. The number of rotatable bonds is 31. The van der Waals surface area contributed by atoms with Gasteiger partial charge < -0.3 is 25.6 Å². The van der Waals surface area contributed by atoms with Crippen molar-refractivity contribution in [3.8, 4) is 0 Å². The average molecular weight is 637 g/mol. The van der Waals surface area contributed by atoms with E-state index in [1.807, 2.05) is 12.2 Å². The van der Waals surface area contributed by atoms with Gasteiger partial charge in [0, 0.05) is 25.9 Å². The van der Waals surface area contributed by atoms with Crippen molar-refractivity contribution in [2.75, 3.05) is 40.3 Å². The topological polar surface area (TPSA) is 117 Å². The summed E-state index contributed by atoms with van der Waals surface area (Å²) in [6.45, 7) is 5.76. The third-order valence-electron chi connectivity index (χ3n) is 7.71. The summed E-state index contributed by atoms with van der Waals surface area (Å²) in [7, 11) is 3.56. The standard InChI is InChI=1S/C36H68N4O5/c1-5-7-9-11-13-14-15-16-17-18-20-22-28-37-33(41)27-26-32(39-34(42)31-40(3)4)36(44)38-29-24-25-35(43)45-30-23-21-19-12-10-8-6-2/h21,23,32H,5-20,22,24-31H2,1-4H3,(H,37,41)(H,38,44)(H,39,42)/b23-21-. The molecule has 0 saturated carbocycles. The van der Waals surface area contributed by atoms with Gasteiger partial charge in [0.05, 0.1) is 6.54 Å². The van der Waals surface area contributed by atoms with Crippen LogP contribution in [0.25, 0.3) is 0 Å². The average Bonchev–Trinajstić information content (AvgIpc) is 3.00. The number of unbranched alkanes of at least 4 members (excludes halogenated alkanes) is 15. The van der Waals surface area contributed by atoms with Gasteiger partial charge in [-0.25, -0.2) is 0 Å². The number of nitrogens with zero attached hydrogens (tertiary/aromatic N) is 1. The Morgan fingerprint density at radius 3 is 1.80 bits per heavy atom. The molecule has 0 rings (SSSR count). The molecule has 45 heavy (non-hydrogen) atoms. The maximum Gasteiger partial charge on any atom is 0.306 e. The molecule has 0 spiro atoms. The number of hydrogen-bond acceptors (Lipinski definition) is 6. The lowest BCUT2D eigenvalue weighted by Crippen LogP contribution is -2.49. The highest BCUT2D eigenvalue weighted by molar-refractivity contribution is 5.89. The minimum absolute atomic E-state index is 0.115. The summed E-state index contributed by atoms with van der Waals surface area (Å²) < 4.78 is 5.22. The minimum Gasteiger partial charge on any atom is -0.461 e. The van der Waals surface area contributed by atoms with Crippen molar-refractivity contribution in [3.05, 3.63) is 12.2 Å². The molecule has 1 unspecified atom stereocenters. The molecular weight excluding hydrogens is 568 g/mol. The fourth-order valence-electron chi connectivity index (χ4n) is 5.01. The Morgan fingerprint density at radius 1 is 0.644 bits per heavy atom. The van der Waals surface area contributed by atoms with Crippen LogP contribution in [-0.4, -0.2) is 75.0 Å². The van der Waals surface area contributed by atoms with Crippen molar-refractivity contribution in [1.82, 2.24) is 20.9 Å². The SMILES string of the molecule is CCCCCC/C=C\COC(=O)CCCNC(=O)C(CCC(=O)NCCCCCCCCCCCCCC)NC(=O)CN(C)C. The van der Waals surface area contributed by atoms with Crippen LogP contribution in [0.15, 0.2) is 12.2 Å². The van der Waals surface area contributed by atoms with E-state index in [0.717, 1.165) is 25.7 Å². The Bertz CT molecular complexity index is 787. The Balaban J connectivity index is 4.21. The molecule has 0 aromatic rings. The fraction of sp³-hybridized carbons (Fsp3) is 0.833. The smallest absolute Gasteiger partial charge is 0.306 e. The summed E-state index contributed by atoms with van der Waals surface area (Å²) >= 11 is 0. The normalized spacial score (nSPS) is 11.9. The van der Waals surface area contributed by atoms with Crippen molar-refractivity contribution < 1.29 is 23.9 Å². The van der Waals surface area contributed by atoms with Crippen molar-refractivity contribution in [3.63, 3.8) is 0 Å². The highest BCUT2D eigenvalue weighted by Gasteiger charge is 2.22. The molecule has 0 bridgehead atoms. The van der Waals surface area contributed by atoms with E-state index >= 15 is 0 Å². The quantitative estimate of drug-likeness (QED) is 0.0449. The molecule has 0 aromatic heterocycles. The van der Waals surface area contributed by atoms with Crippen LogP contribution in [-0.2, 0) is 23.9 Å². The third kappa shape index (κ3) is 30.0. The van der Waals surface area contributed by atoms with E-state index in [-0.39, 0.29) is 62.6 Å². The molecule has 0 heterocycles. The van der Waals surface area contributed by atoms with Gasteiger partial charge in [-0.2, -0.15) is 0 Å². The van der Waals surface area contributed by atoms with Gasteiger partial charge in [0.25, 0.3) is 0 Å². The first-order chi connectivity index (χ1) is 21.8. The van der Waals surface area contributed by atoms with E-state index in [0.29, 0.717) is 13.0 Å². The number of amides is 3. The van der Waals surface area contributed by atoms with E-state index in [4.69, 9.17) is 4.74 Å². The molecule has 3 amide bonds. The van der Waals surface area contributed by atoms with Gasteiger partial charge in [0.15, 0.2) is 0 Å². The molecule has 0 radical (unpaired) electrons. The second-order valence-electron chi connectivity index (χ2n) is 12.5. The lowest BCUT2D eigenvalue weighted by Gasteiger charge is -2.19. The third-order valence-corrected chi connectivity index (χ3v) is 7.71. The summed E-state index contributed by atoms with van der Waals surface area (Å²) in [5.74, 6) is -1.05. The van der Waals surface area contributed by atoms with E-state index in [2.05, 4.69) is 29.8 Å². The maximum absolute atomic E-state index is 12.8.